The second-order valence-electron chi connectivity index (χ2n) is 2.99. The molecular formula is C7H12ClN5O. The number of hydrogen-bond donors (Lipinski definition) is 2. The highest BCUT2D eigenvalue weighted by molar-refractivity contribution is 5.85. The molecule has 0 saturated carbocycles. The number of nitrogens with zero attached hydrogens (tertiary/aromatic N) is 4. The minimum Gasteiger partial charge on any atom is -0.479 e. The van der Waals surface area contributed by atoms with E-state index in [1.54, 1.807) is 0 Å². The lowest BCUT2D eigenvalue weighted by molar-refractivity contribution is 0.429. The fourth-order valence-corrected chi connectivity index (χ4v) is 1.43. The summed E-state index contributed by atoms with van der Waals surface area (Å²) < 4.78 is 0. The van der Waals surface area contributed by atoms with Gasteiger partial charge >= 0.3 is 6.01 Å². The zero-order valence-electron chi connectivity index (χ0n) is 7.55. The molecule has 1 aliphatic heterocycles. The molecule has 0 aromatic carbocycles. The zero-order chi connectivity index (χ0) is 9.26. The second kappa shape index (κ2) is 4.28. The Hall–Kier alpha value is -1.30. The number of rotatable bonds is 1. The molecular weight excluding hydrogens is 206 g/mol. The highest BCUT2D eigenvalue weighted by Gasteiger charge is 2.16. The SMILES string of the molecule is Cl.Nc1nc(O)nc(N2CCCC2)n1. The van der Waals surface area contributed by atoms with E-state index in [9.17, 15) is 0 Å². The quantitative estimate of drug-likeness (QED) is 0.698. The van der Waals surface area contributed by atoms with Gasteiger partial charge in [0.2, 0.25) is 11.9 Å². The maximum absolute atomic E-state index is 9.09. The van der Waals surface area contributed by atoms with Gasteiger partial charge in [0.1, 0.15) is 0 Å². The van der Waals surface area contributed by atoms with Crippen molar-refractivity contribution in [3.8, 4) is 6.01 Å². The van der Waals surface area contributed by atoms with Crippen molar-refractivity contribution in [2.75, 3.05) is 23.7 Å². The standard InChI is InChI=1S/C7H11N5O.ClH/c8-5-9-6(11-7(13)10-5)12-3-1-2-4-12;/h1-4H2,(H3,8,9,10,11,13);1H. The van der Waals surface area contributed by atoms with Crippen LogP contribution in [0.1, 0.15) is 12.8 Å². The van der Waals surface area contributed by atoms with Crippen LogP contribution in [0.4, 0.5) is 11.9 Å². The third-order valence-corrected chi connectivity index (χ3v) is 2.02. The van der Waals surface area contributed by atoms with Crippen LogP contribution >= 0.6 is 12.4 Å². The number of nitrogens with two attached hydrogens (primary N) is 1. The predicted molar refractivity (Wildman–Crippen MR) is 54.6 cm³/mol. The number of anilines is 2. The Morgan fingerprint density at radius 3 is 2.36 bits per heavy atom. The molecule has 0 radical (unpaired) electrons. The van der Waals surface area contributed by atoms with E-state index >= 15 is 0 Å². The third kappa shape index (κ3) is 2.14. The van der Waals surface area contributed by atoms with E-state index in [1.807, 2.05) is 4.90 Å². The van der Waals surface area contributed by atoms with Gasteiger partial charge in [-0.1, -0.05) is 0 Å². The summed E-state index contributed by atoms with van der Waals surface area (Å²) in [6.07, 6.45) is 2.26. The highest BCUT2D eigenvalue weighted by Crippen LogP contribution is 2.17. The van der Waals surface area contributed by atoms with Crippen molar-refractivity contribution in [1.29, 1.82) is 0 Å². The monoisotopic (exact) mass is 217 g/mol. The van der Waals surface area contributed by atoms with Crippen LogP contribution in [0, 0.1) is 0 Å². The summed E-state index contributed by atoms with van der Waals surface area (Å²) in [5.41, 5.74) is 5.38. The van der Waals surface area contributed by atoms with Gasteiger partial charge in [-0.15, -0.1) is 12.4 Å². The highest BCUT2D eigenvalue weighted by atomic mass is 35.5. The van der Waals surface area contributed by atoms with Crippen molar-refractivity contribution in [2.45, 2.75) is 12.8 Å². The molecule has 14 heavy (non-hydrogen) atoms. The van der Waals surface area contributed by atoms with Crippen LogP contribution in [0.25, 0.3) is 0 Å². The van der Waals surface area contributed by atoms with E-state index < -0.39 is 0 Å². The topological polar surface area (TPSA) is 88.2 Å². The van der Waals surface area contributed by atoms with E-state index in [2.05, 4.69) is 15.0 Å². The van der Waals surface area contributed by atoms with Crippen LogP contribution in [0.3, 0.4) is 0 Å². The maximum Gasteiger partial charge on any atom is 0.320 e. The molecule has 0 amide bonds. The van der Waals surface area contributed by atoms with E-state index in [4.69, 9.17) is 10.8 Å². The molecule has 1 aromatic rings. The predicted octanol–water partition coefficient (Wildman–Crippen LogP) is 0.181. The minimum atomic E-state index is -0.311. The van der Waals surface area contributed by atoms with Crippen LogP contribution in [0.2, 0.25) is 0 Å². The number of nitrogen functional groups attached to an aromatic ring is 1. The van der Waals surface area contributed by atoms with Gasteiger partial charge in [0.15, 0.2) is 0 Å². The molecule has 7 heteroatoms. The fraction of sp³-hybridized carbons (Fsp3) is 0.571. The fourth-order valence-electron chi connectivity index (χ4n) is 1.43. The Bertz CT molecular complexity index is 295. The van der Waals surface area contributed by atoms with Crippen molar-refractivity contribution in [3.05, 3.63) is 0 Å². The summed E-state index contributed by atoms with van der Waals surface area (Å²) in [7, 11) is 0. The average molecular weight is 218 g/mol. The Labute approximate surface area is 87.6 Å². The second-order valence-corrected chi connectivity index (χ2v) is 2.99. The lowest BCUT2D eigenvalue weighted by Gasteiger charge is -2.14. The molecule has 78 valence electrons. The molecule has 0 atom stereocenters. The van der Waals surface area contributed by atoms with Crippen molar-refractivity contribution < 1.29 is 5.11 Å². The van der Waals surface area contributed by atoms with Crippen molar-refractivity contribution in [3.63, 3.8) is 0 Å². The van der Waals surface area contributed by atoms with Crippen molar-refractivity contribution in [2.24, 2.45) is 0 Å². The molecule has 0 bridgehead atoms. The van der Waals surface area contributed by atoms with E-state index in [0.29, 0.717) is 5.95 Å². The molecule has 1 aromatic heterocycles. The first-order chi connectivity index (χ1) is 6.25. The Morgan fingerprint density at radius 2 is 1.79 bits per heavy atom. The molecule has 6 nitrogen and oxygen atoms in total. The number of aromatic hydroxyl groups is 1. The third-order valence-electron chi connectivity index (χ3n) is 2.02. The smallest absolute Gasteiger partial charge is 0.320 e. The van der Waals surface area contributed by atoms with Gasteiger partial charge in [0.05, 0.1) is 0 Å². The molecule has 2 heterocycles. The molecule has 1 fully saturated rings. The van der Waals surface area contributed by atoms with Crippen LogP contribution in [0.15, 0.2) is 0 Å². The number of halogens is 1. The number of aromatic nitrogens is 3. The molecule has 0 unspecified atom stereocenters. The first kappa shape index (κ1) is 10.8. The van der Waals surface area contributed by atoms with Crippen LogP contribution in [-0.2, 0) is 0 Å². The van der Waals surface area contributed by atoms with Gasteiger partial charge in [-0.3, -0.25) is 0 Å². The van der Waals surface area contributed by atoms with Crippen molar-refractivity contribution >= 4 is 24.3 Å². The molecule has 2 rings (SSSR count). The van der Waals surface area contributed by atoms with Gasteiger partial charge < -0.3 is 15.7 Å². The van der Waals surface area contributed by atoms with Crippen LogP contribution < -0.4 is 10.6 Å². The van der Waals surface area contributed by atoms with Crippen LogP contribution in [-0.4, -0.2) is 33.1 Å². The molecule has 0 spiro atoms. The molecule has 3 N–H and O–H groups in total. The maximum atomic E-state index is 9.09. The summed E-state index contributed by atoms with van der Waals surface area (Å²) in [4.78, 5) is 13.2. The number of hydrogen-bond acceptors (Lipinski definition) is 6. The first-order valence-electron chi connectivity index (χ1n) is 4.21. The summed E-state index contributed by atoms with van der Waals surface area (Å²) in [5.74, 6) is 0.539. The van der Waals surface area contributed by atoms with Gasteiger partial charge in [0, 0.05) is 13.1 Å². The Balaban J connectivity index is 0.000000980. The normalized spacial score (nSPS) is 15.3. The minimum absolute atomic E-state index is 0. The lowest BCUT2D eigenvalue weighted by atomic mass is 10.4. The van der Waals surface area contributed by atoms with Gasteiger partial charge in [-0.05, 0) is 12.8 Å². The van der Waals surface area contributed by atoms with Gasteiger partial charge in [-0.25, -0.2) is 0 Å². The summed E-state index contributed by atoms with van der Waals surface area (Å²) in [6.45, 7) is 1.84. The van der Waals surface area contributed by atoms with Gasteiger partial charge in [0.25, 0.3) is 0 Å². The molecule has 1 aliphatic rings. The molecule has 0 aliphatic carbocycles. The zero-order valence-corrected chi connectivity index (χ0v) is 8.37. The summed E-state index contributed by atoms with van der Waals surface area (Å²) >= 11 is 0. The first-order valence-corrected chi connectivity index (χ1v) is 4.21. The van der Waals surface area contributed by atoms with Crippen LogP contribution in [0.5, 0.6) is 6.01 Å². The average Bonchev–Trinajstić information content (AvgIpc) is 2.53. The summed E-state index contributed by atoms with van der Waals surface area (Å²) in [6, 6.07) is -0.311. The largest absolute Gasteiger partial charge is 0.479 e. The van der Waals surface area contributed by atoms with E-state index in [1.165, 1.54) is 0 Å². The Morgan fingerprint density at radius 1 is 1.14 bits per heavy atom. The Kier molecular flexibility index (Phi) is 3.29. The molecule has 1 saturated heterocycles. The van der Waals surface area contributed by atoms with Crippen molar-refractivity contribution in [1.82, 2.24) is 15.0 Å². The van der Waals surface area contributed by atoms with Gasteiger partial charge in [-0.2, -0.15) is 15.0 Å². The van der Waals surface area contributed by atoms with E-state index in [-0.39, 0.29) is 24.4 Å². The summed E-state index contributed by atoms with van der Waals surface area (Å²) in [5, 5.41) is 9.09. The van der Waals surface area contributed by atoms with E-state index in [0.717, 1.165) is 25.9 Å². The lowest BCUT2D eigenvalue weighted by Crippen LogP contribution is -2.21.